The fourth-order valence-corrected chi connectivity index (χ4v) is 2.83. The predicted molar refractivity (Wildman–Crippen MR) is 45.0 cm³/mol. The topological polar surface area (TPSA) is 20.2 Å². The van der Waals surface area contributed by atoms with Crippen LogP contribution in [-0.4, -0.2) is 11.0 Å². The number of thioether (sulfide) groups is 1. The maximum Gasteiger partial charge on any atom is 0.0940 e. The lowest BCUT2D eigenvalue weighted by molar-refractivity contribution is 0.375. The van der Waals surface area contributed by atoms with E-state index in [1.54, 1.807) is 11.3 Å². The highest BCUT2D eigenvalue weighted by atomic mass is 79.9. The molecule has 1 aromatic heterocycles. The fraction of sp³-hybridized carbons (Fsp3) is 0.200. The summed E-state index contributed by atoms with van der Waals surface area (Å²) in [6, 6.07) is 3.96. The molecule has 0 aromatic carbocycles. The van der Waals surface area contributed by atoms with E-state index in [1.807, 2.05) is 12.1 Å². The summed E-state index contributed by atoms with van der Waals surface area (Å²) in [4.78, 5) is 0. The van der Waals surface area contributed by atoms with Crippen LogP contribution >= 0.6 is 39.0 Å². The number of aliphatic hydroxyl groups is 1. The first kappa shape index (κ1) is 7.60. The molecule has 0 aliphatic heterocycles. The van der Waals surface area contributed by atoms with E-state index >= 15 is 0 Å². The van der Waals surface area contributed by atoms with Gasteiger partial charge in [-0.2, -0.15) is 0 Å². The monoisotopic (exact) mass is 224 g/mol. The van der Waals surface area contributed by atoms with E-state index in [4.69, 9.17) is 5.11 Å². The van der Waals surface area contributed by atoms with E-state index in [9.17, 15) is 0 Å². The summed E-state index contributed by atoms with van der Waals surface area (Å²) >= 11 is 6.40. The summed E-state index contributed by atoms with van der Waals surface area (Å²) < 4.78 is 2.25. The quantitative estimate of drug-likeness (QED) is 0.616. The van der Waals surface area contributed by atoms with Gasteiger partial charge in [-0.1, -0.05) is 11.8 Å². The fourth-order valence-electron chi connectivity index (χ4n) is 0.439. The van der Waals surface area contributed by atoms with Gasteiger partial charge in [0.25, 0.3) is 0 Å². The van der Waals surface area contributed by atoms with E-state index in [-0.39, 0.29) is 5.94 Å². The Labute approximate surface area is 70.2 Å². The van der Waals surface area contributed by atoms with Gasteiger partial charge in [-0.25, -0.2) is 0 Å². The van der Waals surface area contributed by atoms with Crippen molar-refractivity contribution in [3.05, 3.63) is 15.9 Å². The first-order valence-corrected chi connectivity index (χ1v) is 4.91. The molecule has 1 nitrogen and oxygen atoms in total. The maximum absolute atomic E-state index is 8.48. The molecule has 0 unspecified atom stereocenters. The van der Waals surface area contributed by atoms with Crippen LogP contribution in [0.3, 0.4) is 0 Å². The molecule has 0 radical (unpaired) electrons. The lowest BCUT2D eigenvalue weighted by Gasteiger charge is -1.86. The first-order chi connectivity index (χ1) is 4.33. The standard InChI is InChI=1S/C5H5BrOS2/c6-4-1-2-5(9-4)8-3-7/h1-2,7H,3H2. The van der Waals surface area contributed by atoms with Gasteiger partial charge in [-0.15, -0.1) is 11.3 Å². The van der Waals surface area contributed by atoms with Gasteiger partial charge >= 0.3 is 0 Å². The summed E-state index contributed by atoms with van der Waals surface area (Å²) in [5.74, 6) is 0.160. The predicted octanol–water partition coefficient (Wildman–Crippen LogP) is 2.55. The first-order valence-electron chi connectivity index (χ1n) is 2.32. The highest BCUT2D eigenvalue weighted by molar-refractivity contribution is 9.11. The summed E-state index contributed by atoms with van der Waals surface area (Å²) in [5, 5.41) is 8.48. The van der Waals surface area contributed by atoms with Gasteiger partial charge in [0.2, 0.25) is 0 Å². The van der Waals surface area contributed by atoms with Crippen molar-refractivity contribution in [3.63, 3.8) is 0 Å². The molecule has 1 N–H and O–H groups in total. The molecule has 1 heterocycles. The van der Waals surface area contributed by atoms with Gasteiger partial charge < -0.3 is 5.11 Å². The largest absolute Gasteiger partial charge is 0.385 e. The highest BCUT2D eigenvalue weighted by Gasteiger charge is 1.94. The Morgan fingerprint density at radius 2 is 2.44 bits per heavy atom. The minimum Gasteiger partial charge on any atom is -0.385 e. The SMILES string of the molecule is OCSc1ccc(Br)s1. The molecule has 0 aliphatic rings. The number of hydrogen-bond acceptors (Lipinski definition) is 3. The van der Waals surface area contributed by atoms with Crippen LogP contribution in [0.4, 0.5) is 0 Å². The molecule has 0 spiro atoms. The van der Waals surface area contributed by atoms with Crippen molar-refractivity contribution in [2.45, 2.75) is 4.21 Å². The van der Waals surface area contributed by atoms with Crippen molar-refractivity contribution >= 4 is 39.0 Å². The number of halogens is 1. The summed E-state index contributed by atoms with van der Waals surface area (Å²) in [7, 11) is 0. The second-order valence-corrected chi connectivity index (χ2v) is 5.04. The second-order valence-electron chi connectivity index (χ2n) is 1.33. The third-order valence-electron chi connectivity index (χ3n) is 0.755. The van der Waals surface area contributed by atoms with Gasteiger partial charge in [0.1, 0.15) is 0 Å². The normalized spacial score (nSPS) is 10.0. The summed E-state index contributed by atoms with van der Waals surface area (Å²) in [6.07, 6.45) is 0. The van der Waals surface area contributed by atoms with E-state index < -0.39 is 0 Å². The van der Waals surface area contributed by atoms with E-state index in [1.165, 1.54) is 11.8 Å². The van der Waals surface area contributed by atoms with Gasteiger partial charge in [-0.3, -0.25) is 0 Å². The minimum atomic E-state index is 0.160. The zero-order valence-electron chi connectivity index (χ0n) is 4.50. The molecule has 0 saturated heterocycles. The number of hydrogen-bond donors (Lipinski definition) is 1. The zero-order valence-corrected chi connectivity index (χ0v) is 7.72. The maximum atomic E-state index is 8.48. The Morgan fingerprint density at radius 3 is 2.89 bits per heavy atom. The van der Waals surface area contributed by atoms with Crippen molar-refractivity contribution in [3.8, 4) is 0 Å². The highest BCUT2D eigenvalue weighted by Crippen LogP contribution is 2.29. The van der Waals surface area contributed by atoms with Crippen molar-refractivity contribution in [1.82, 2.24) is 0 Å². The molecule has 0 aliphatic carbocycles. The molecule has 9 heavy (non-hydrogen) atoms. The van der Waals surface area contributed by atoms with E-state index in [2.05, 4.69) is 15.9 Å². The van der Waals surface area contributed by atoms with E-state index in [0.717, 1.165) is 8.00 Å². The smallest absolute Gasteiger partial charge is 0.0940 e. The van der Waals surface area contributed by atoms with Crippen molar-refractivity contribution in [2.75, 3.05) is 5.94 Å². The van der Waals surface area contributed by atoms with Crippen LogP contribution in [0.15, 0.2) is 20.1 Å². The molecular weight excluding hydrogens is 220 g/mol. The van der Waals surface area contributed by atoms with E-state index in [0.29, 0.717) is 0 Å². The third kappa shape index (κ3) is 2.29. The Kier molecular flexibility index (Phi) is 3.04. The molecular formula is C5H5BrOS2. The molecule has 4 heteroatoms. The average molecular weight is 225 g/mol. The van der Waals surface area contributed by atoms with Crippen LogP contribution < -0.4 is 0 Å². The molecule has 50 valence electrons. The second kappa shape index (κ2) is 3.61. The van der Waals surface area contributed by atoms with Gasteiger partial charge in [0.05, 0.1) is 13.9 Å². The Bertz CT molecular complexity index is 187. The molecule has 0 amide bonds. The van der Waals surface area contributed by atoms with Crippen molar-refractivity contribution < 1.29 is 5.11 Å². The van der Waals surface area contributed by atoms with Gasteiger partial charge in [0.15, 0.2) is 0 Å². The third-order valence-corrected chi connectivity index (χ3v) is 3.33. The van der Waals surface area contributed by atoms with Crippen LogP contribution in [-0.2, 0) is 0 Å². The number of aliphatic hydroxyl groups excluding tert-OH is 1. The Hall–Kier alpha value is 0.490. The average Bonchev–Trinajstić information content (AvgIpc) is 2.17. The molecule has 0 atom stereocenters. The molecule has 1 aromatic rings. The minimum absolute atomic E-state index is 0.160. The van der Waals surface area contributed by atoms with Crippen LogP contribution in [0.2, 0.25) is 0 Å². The van der Waals surface area contributed by atoms with Crippen LogP contribution in [0.25, 0.3) is 0 Å². The van der Waals surface area contributed by atoms with Crippen molar-refractivity contribution in [2.24, 2.45) is 0 Å². The molecule has 0 bridgehead atoms. The Balaban J connectivity index is 2.61. The molecule has 0 saturated carbocycles. The lowest BCUT2D eigenvalue weighted by Crippen LogP contribution is -1.66. The van der Waals surface area contributed by atoms with Gasteiger partial charge in [0, 0.05) is 0 Å². The zero-order chi connectivity index (χ0) is 6.69. The molecule has 1 rings (SSSR count). The lowest BCUT2D eigenvalue weighted by atomic mass is 10.7. The Morgan fingerprint density at radius 1 is 1.67 bits per heavy atom. The van der Waals surface area contributed by atoms with Crippen LogP contribution in [0.5, 0.6) is 0 Å². The summed E-state index contributed by atoms with van der Waals surface area (Å²) in [6.45, 7) is 0. The van der Waals surface area contributed by atoms with Crippen molar-refractivity contribution in [1.29, 1.82) is 0 Å². The summed E-state index contributed by atoms with van der Waals surface area (Å²) in [5.41, 5.74) is 0. The van der Waals surface area contributed by atoms with Crippen LogP contribution in [0, 0.1) is 0 Å². The van der Waals surface area contributed by atoms with Gasteiger partial charge in [-0.05, 0) is 28.1 Å². The molecule has 0 fully saturated rings. The number of thiophene rings is 1. The number of rotatable bonds is 2. The van der Waals surface area contributed by atoms with Crippen LogP contribution in [0.1, 0.15) is 0 Å².